The van der Waals surface area contributed by atoms with Crippen molar-refractivity contribution in [1.29, 1.82) is 0 Å². The van der Waals surface area contributed by atoms with Crippen molar-refractivity contribution in [1.82, 2.24) is 30.3 Å². The number of hydrogen-bond acceptors (Lipinski definition) is 9. The first-order chi connectivity index (χ1) is 16.4. The number of nitrogens with one attached hydrogen (secondary N) is 1. The lowest BCUT2D eigenvalue weighted by Crippen LogP contribution is -2.28. The Labute approximate surface area is 189 Å². The van der Waals surface area contributed by atoms with E-state index in [1.165, 1.54) is 29.4 Å². The molecule has 4 aromatic rings. The fourth-order valence-electron chi connectivity index (χ4n) is 3.45. The Morgan fingerprint density at radius 2 is 2.06 bits per heavy atom. The van der Waals surface area contributed by atoms with Gasteiger partial charge in [0.25, 0.3) is 0 Å². The average Bonchev–Trinajstić information content (AvgIpc) is 3.57. The number of aryl methyl sites for hydroxylation is 1. The van der Waals surface area contributed by atoms with Crippen molar-refractivity contribution in [3.05, 3.63) is 54.2 Å². The summed E-state index contributed by atoms with van der Waals surface area (Å²) in [6.07, 6.45) is 0.885. The number of hydrogen-bond donors (Lipinski definition) is 1. The van der Waals surface area contributed by atoms with Crippen LogP contribution in [0.3, 0.4) is 0 Å². The fraction of sp³-hybridized carbons (Fsp3) is 0.200. The van der Waals surface area contributed by atoms with Crippen LogP contribution in [-0.2, 0) is 11.8 Å². The summed E-state index contributed by atoms with van der Waals surface area (Å²) in [5, 5.41) is 18.0. The first kappa shape index (κ1) is 21.4. The van der Waals surface area contributed by atoms with Crippen molar-refractivity contribution in [2.45, 2.75) is 6.10 Å². The largest absolute Gasteiger partial charge is 0.442 e. The number of anilines is 2. The standard InChI is InChI=1S/C20H15F3N8O3/c1-30-27-19(26-29-30)13-3-2-10(7-24-13)16-12(21)6-14(17(22)18(16)23)31-9-11(34-20(31)32)8-25-15-4-5-33-28-15/h2-7,11H,8-9H2,1H3,(H,25,28). The van der Waals surface area contributed by atoms with Crippen molar-refractivity contribution in [3.63, 3.8) is 0 Å². The zero-order chi connectivity index (χ0) is 23.8. The molecule has 4 heterocycles. The van der Waals surface area contributed by atoms with Crippen molar-refractivity contribution in [2.24, 2.45) is 7.05 Å². The molecular formula is C20H15F3N8O3. The van der Waals surface area contributed by atoms with E-state index in [9.17, 15) is 18.0 Å². The predicted octanol–water partition coefficient (Wildman–Crippen LogP) is 2.78. The molecule has 0 bridgehead atoms. The predicted molar refractivity (Wildman–Crippen MR) is 110 cm³/mol. The number of nitrogens with zero attached hydrogens (tertiary/aromatic N) is 7. The van der Waals surface area contributed by atoms with E-state index in [0.29, 0.717) is 11.5 Å². The van der Waals surface area contributed by atoms with Gasteiger partial charge in [-0.2, -0.15) is 4.80 Å². The summed E-state index contributed by atoms with van der Waals surface area (Å²) in [6, 6.07) is 5.10. The minimum atomic E-state index is -1.46. The summed E-state index contributed by atoms with van der Waals surface area (Å²) in [6.45, 7) is 0.0122. The molecule has 0 spiro atoms. The molecule has 14 heteroatoms. The first-order valence-corrected chi connectivity index (χ1v) is 9.91. The molecule has 3 aromatic heterocycles. The third kappa shape index (κ3) is 3.89. The van der Waals surface area contributed by atoms with Crippen LogP contribution in [0.2, 0.25) is 0 Å². The van der Waals surface area contributed by atoms with E-state index in [1.807, 2.05) is 0 Å². The van der Waals surface area contributed by atoms with Gasteiger partial charge in [-0.25, -0.2) is 18.0 Å². The van der Waals surface area contributed by atoms with Crippen molar-refractivity contribution < 1.29 is 27.2 Å². The number of cyclic esters (lactones) is 1. The second kappa shape index (κ2) is 8.46. The van der Waals surface area contributed by atoms with Gasteiger partial charge in [0.2, 0.25) is 5.82 Å². The maximum Gasteiger partial charge on any atom is 0.414 e. The van der Waals surface area contributed by atoms with Crippen LogP contribution >= 0.6 is 0 Å². The summed E-state index contributed by atoms with van der Waals surface area (Å²) in [4.78, 5) is 18.4. The van der Waals surface area contributed by atoms with Gasteiger partial charge in [0, 0.05) is 23.9 Å². The molecule has 1 aliphatic rings. The fourth-order valence-corrected chi connectivity index (χ4v) is 3.45. The summed E-state index contributed by atoms with van der Waals surface area (Å²) in [5.41, 5.74) is -0.878. The van der Waals surface area contributed by atoms with Crippen LogP contribution in [0.25, 0.3) is 22.6 Å². The summed E-state index contributed by atoms with van der Waals surface area (Å²) in [7, 11) is 1.57. The van der Waals surface area contributed by atoms with Crippen LogP contribution in [0, 0.1) is 17.5 Å². The van der Waals surface area contributed by atoms with Crippen LogP contribution in [0.4, 0.5) is 29.5 Å². The smallest absolute Gasteiger partial charge is 0.414 e. The molecule has 1 saturated heterocycles. The second-order valence-corrected chi connectivity index (χ2v) is 7.30. The summed E-state index contributed by atoms with van der Waals surface area (Å²) in [5.74, 6) is -3.29. The van der Waals surface area contributed by atoms with Gasteiger partial charge >= 0.3 is 6.09 Å². The molecule has 0 radical (unpaired) electrons. The maximum absolute atomic E-state index is 15.0. The lowest BCUT2D eigenvalue weighted by Gasteiger charge is -2.16. The van der Waals surface area contributed by atoms with E-state index < -0.39 is 40.9 Å². The molecule has 0 aliphatic carbocycles. The number of ether oxygens (including phenoxy) is 1. The Hall–Kier alpha value is -4.49. The van der Waals surface area contributed by atoms with E-state index in [4.69, 9.17) is 4.74 Å². The lowest BCUT2D eigenvalue weighted by atomic mass is 10.0. The third-order valence-electron chi connectivity index (χ3n) is 5.04. The van der Waals surface area contributed by atoms with Crippen LogP contribution in [0.15, 0.2) is 41.2 Å². The van der Waals surface area contributed by atoms with E-state index in [0.717, 1.165) is 11.0 Å². The second-order valence-electron chi connectivity index (χ2n) is 7.30. The highest BCUT2D eigenvalue weighted by Gasteiger charge is 2.36. The van der Waals surface area contributed by atoms with E-state index in [-0.39, 0.29) is 24.5 Å². The zero-order valence-corrected chi connectivity index (χ0v) is 17.4. The number of carbonyl (C=O) groups excluding carboxylic acids is 1. The summed E-state index contributed by atoms with van der Waals surface area (Å²) >= 11 is 0. The van der Waals surface area contributed by atoms with Crippen LogP contribution in [0.5, 0.6) is 0 Å². The lowest BCUT2D eigenvalue weighted by molar-refractivity contribution is 0.147. The third-order valence-corrected chi connectivity index (χ3v) is 5.04. The highest BCUT2D eigenvalue weighted by molar-refractivity contribution is 5.90. The number of benzene rings is 1. The van der Waals surface area contributed by atoms with Gasteiger partial charge in [-0.15, -0.1) is 10.2 Å². The molecule has 5 rings (SSSR count). The normalized spacial score (nSPS) is 15.6. The minimum Gasteiger partial charge on any atom is -0.442 e. The van der Waals surface area contributed by atoms with Crippen LogP contribution < -0.4 is 10.2 Å². The number of rotatable bonds is 6. The molecule has 174 valence electrons. The van der Waals surface area contributed by atoms with Gasteiger partial charge in [-0.1, -0.05) is 11.2 Å². The number of amides is 1. The highest BCUT2D eigenvalue weighted by Crippen LogP contribution is 2.35. The van der Waals surface area contributed by atoms with Gasteiger partial charge in [0.05, 0.1) is 31.4 Å². The molecule has 1 atom stereocenters. The molecular weight excluding hydrogens is 457 g/mol. The van der Waals surface area contributed by atoms with Gasteiger partial charge < -0.3 is 14.6 Å². The Kier molecular flexibility index (Phi) is 5.31. The van der Waals surface area contributed by atoms with Gasteiger partial charge in [0.15, 0.2) is 17.5 Å². The molecule has 1 N–H and O–H groups in total. The quantitative estimate of drug-likeness (QED) is 0.422. The molecule has 1 aromatic carbocycles. The zero-order valence-electron chi connectivity index (χ0n) is 17.4. The molecule has 1 aliphatic heterocycles. The topological polar surface area (TPSA) is 124 Å². The van der Waals surface area contributed by atoms with Crippen molar-refractivity contribution in [2.75, 3.05) is 23.3 Å². The number of carbonyl (C=O) groups is 1. The van der Waals surface area contributed by atoms with Crippen molar-refractivity contribution >= 4 is 17.6 Å². The average molecular weight is 472 g/mol. The van der Waals surface area contributed by atoms with Gasteiger partial charge in [0.1, 0.15) is 23.9 Å². The van der Waals surface area contributed by atoms with E-state index >= 15 is 0 Å². The van der Waals surface area contributed by atoms with Gasteiger partial charge in [-0.05, 0) is 11.3 Å². The molecule has 1 fully saturated rings. The molecule has 0 saturated carbocycles. The Balaban J connectivity index is 1.38. The van der Waals surface area contributed by atoms with E-state index in [2.05, 4.69) is 35.4 Å². The van der Waals surface area contributed by atoms with Crippen molar-refractivity contribution in [3.8, 4) is 22.6 Å². The molecule has 11 nitrogen and oxygen atoms in total. The van der Waals surface area contributed by atoms with Gasteiger partial charge in [-0.3, -0.25) is 9.88 Å². The van der Waals surface area contributed by atoms with Crippen LogP contribution in [-0.4, -0.2) is 55.6 Å². The summed E-state index contributed by atoms with van der Waals surface area (Å²) < 4.78 is 54.7. The molecule has 1 unspecified atom stereocenters. The number of tetrazole rings is 1. The number of halogens is 3. The first-order valence-electron chi connectivity index (χ1n) is 9.91. The SMILES string of the molecule is Cn1nnc(-c2ccc(-c3c(F)cc(N4CC(CNc5ccon5)OC4=O)c(F)c3F)cn2)n1. The Morgan fingerprint density at radius 3 is 2.74 bits per heavy atom. The Morgan fingerprint density at radius 1 is 1.21 bits per heavy atom. The van der Waals surface area contributed by atoms with Crippen LogP contribution in [0.1, 0.15) is 0 Å². The number of pyridine rings is 1. The Bertz CT molecular complexity index is 1340. The van der Waals surface area contributed by atoms with E-state index in [1.54, 1.807) is 13.1 Å². The molecule has 34 heavy (non-hydrogen) atoms. The number of aromatic nitrogens is 6. The maximum atomic E-state index is 15.0. The monoisotopic (exact) mass is 472 g/mol. The molecule has 1 amide bonds. The minimum absolute atomic E-state index is 0.00761. The highest BCUT2D eigenvalue weighted by atomic mass is 19.2.